The SMILES string of the molecule is CCCCCNC(=O)C(c1ccc(O)c(C)c1)N(C(=O)CNC(=O)OC(C)(C)C)C1CC1C. The number of aromatic hydroxyl groups is 1. The van der Waals surface area contributed by atoms with E-state index in [2.05, 4.69) is 17.6 Å². The van der Waals surface area contributed by atoms with Crippen LogP contribution in [0, 0.1) is 12.8 Å². The molecular formula is C25H39N3O5. The second kappa shape index (κ2) is 11.4. The number of hydrogen-bond donors (Lipinski definition) is 3. The maximum absolute atomic E-state index is 13.3. The van der Waals surface area contributed by atoms with Crippen molar-refractivity contribution in [2.75, 3.05) is 13.1 Å². The molecule has 3 N–H and O–H groups in total. The van der Waals surface area contributed by atoms with Gasteiger partial charge in [0.25, 0.3) is 0 Å². The summed E-state index contributed by atoms with van der Waals surface area (Å²) in [5.41, 5.74) is 0.574. The van der Waals surface area contributed by atoms with Crippen molar-refractivity contribution in [2.24, 2.45) is 5.92 Å². The molecule has 3 amide bonds. The molecule has 3 atom stereocenters. The van der Waals surface area contributed by atoms with Crippen molar-refractivity contribution in [3.63, 3.8) is 0 Å². The van der Waals surface area contributed by atoms with Gasteiger partial charge in [-0.25, -0.2) is 4.79 Å². The van der Waals surface area contributed by atoms with E-state index in [1.54, 1.807) is 50.8 Å². The molecule has 1 aliphatic carbocycles. The van der Waals surface area contributed by atoms with Crippen LogP contribution in [0.2, 0.25) is 0 Å². The van der Waals surface area contributed by atoms with Gasteiger partial charge in [0, 0.05) is 12.6 Å². The van der Waals surface area contributed by atoms with E-state index < -0.39 is 17.7 Å². The van der Waals surface area contributed by atoms with Crippen LogP contribution in [0.3, 0.4) is 0 Å². The number of phenols is 1. The Kier molecular flexibility index (Phi) is 9.14. The van der Waals surface area contributed by atoms with Crippen molar-refractivity contribution < 1.29 is 24.2 Å². The molecule has 0 radical (unpaired) electrons. The number of amides is 3. The van der Waals surface area contributed by atoms with E-state index in [1.807, 2.05) is 6.92 Å². The third-order valence-corrected chi connectivity index (χ3v) is 5.64. The molecule has 33 heavy (non-hydrogen) atoms. The fourth-order valence-corrected chi connectivity index (χ4v) is 3.73. The van der Waals surface area contributed by atoms with Gasteiger partial charge in [0.2, 0.25) is 11.8 Å². The fourth-order valence-electron chi connectivity index (χ4n) is 3.73. The highest BCUT2D eigenvalue weighted by Crippen LogP contribution is 2.40. The van der Waals surface area contributed by atoms with Crippen LogP contribution in [-0.2, 0) is 14.3 Å². The van der Waals surface area contributed by atoms with Gasteiger partial charge in [0.15, 0.2) is 0 Å². The minimum absolute atomic E-state index is 0.0987. The van der Waals surface area contributed by atoms with Crippen LogP contribution in [-0.4, -0.2) is 52.6 Å². The summed E-state index contributed by atoms with van der Waals surface area (Å²) in [4.78, 5) is 40.3. The van der Waals surface area contributed by atoms with Gasteiger partial charge in [-0.15, -0.1) is 0 Å². The third-order valence-electron chi connectivity index (χ3n) is 5.64. The van der Waals surface area contributed by atoms with Gasteiger partial charge in [-0.05, 0) is 69.7 Å². The molecule has 0 bridgehead atoms. The Morgan fingerprint density at radius 1 is 1.21 bits per heavy atom. The van der Waals surface area contributed by atoms with Gasteiger partial charge < -0.3 is 25.4 Å². The van der Waals surface area contributed by atoms with Gasteiger partial charge in [-0.1, -0.05) is 32.8 Å². The van der Waals surface area contributed by atoms with E-state index >= 15 is 0 Å². The van der Waals surface area contributed by atoms with Crippen molar-refractivity contribution >= 4 is 17.9 Å². The number of rotatable bonds is 10. The van der Waals surface area contributed by atoms with Crippen LogP contribution in [0.1, 0.15) is 77.5 Å². The molecule has 8 nitrogen and oxygen atoms in total. The lowest BCUT2D eigenvalue weighted by atomic mass is 10.0. The summed E-state index contributed by atoms with van der Waals surface area (Å²) >= 11 is 0. The van der Waals surface area contributed by atoms with Gasteiger partial charge in [0.05, 0.1) is 0 Å². The molecule has 1 aliphatic rings. The number of aryl methyl sites for hydroxylation is 1. The predicted molar refractivity (Wildman–Crippen MR) is 127 cm³/mol. The van der Waals surface area contributed by atoms with E-state index in [4.69, 9.17) is 4.74 Å². The Morgan fingerprint density at radius 2 is 1.88 bits per heavy atom. The Bertz CT molecular complexity index is 849. The normalized spacial score (nSPS) is 18.2. The van der Waals surface area contributed by atoms with Crippen LogP contribution in [0.25, 0.3) is 0 Å². The molecule has 0 heterocycles. The molecule has 0 aliphatic heterocycles. The Balaban J connectivity index is 2.28. The van der Waals surface area contributed by atoms with Crippen molar-refractivity contribution in [3.05, 3.63) is 29.3 Å². The largest absolute Gasteiger partial charge is 0.508 e. The molecular weight excluding hydrogens is 422 g/mol. The molecule has 3 unspecified atom stereocenters. The van der Waals surface area contributed by atoms with Crippen molar-refractivity contribution in [1.82, 2.24) is 15.5 Å². The highest BCUT2D eigenvalue weighted by atomic mass is 16.6. The molecule has 8 heteroatoms. The summed E-state index contributed by atoms with van der Waals surface area (Å²) in [5, 5.41) is 15.5. The number of phenolic OH excluding ortho intramolecular Hbond substituents is 1. The predicted octanol–water partition coefficient (Wildman–Crippen LogP) is 3.81. The lowest BCUT2D eigenvalue weighted by Gasteiger charge is -2.32. The highest BCUT2D eigenvalue weighted by molar-refractivity contribution is 5.91. The zero-order valence-corrected chi connectivity index (χ0v) is 20.7. The second-order valence-electron chi connectivity index (χ2n) is 9.88. The Hall–Kier alpha value is -2.77. The quantitative estimate of drug-likeness (QED) is 0.459. The first-order valence-electron chi connectivity index (χ1n) is 11.8. The van der Waals surface area contributed by atoms with Crippen LogP contribution in [0.4, 0.5) is 4.79 Å². The molecule has 0 aromatic heterocycles. The number of unbranched alkanes of at least 4 members (excludes halogenated alkanes) is 2. The summed E-state index contributed by atoms with van der Waals surface area (Å²) in [6, 6.07) is 4.00. The molecule has 0 saturated heterocycles. The van der Waals surface area contributed by atoms with E-state index in [9.17, 15) is 19.5 Å². The van der Waals surface area contributed by atoms with Crippen LogP contribution in [0.5, 0.6) is 5.75 Å². The van der Waals surface area contributed by atoms with Gasteiger partial charge in [0.1, 0.15) is 23.9 Å². The highest BCUT2D eigenvalue weighted by Gasteiger charge is 2.46. The van der Waals surface area contributed by atoms with E-state index in [-0.39, 0.29) is 36.1 Å². The number of benzene rings is 1. The fraction of sp³-hybridized carbons (Fsp3) is 0.640. The monoisotopic (exact) mass is 461 g/mol. The van der Waals surface area contributed by atoms with E-state index in [1.165, 1.54) is 0 Å². The molecule has 2 rings (SSSR count). The summed E-state index contributed by atoms with van der Waals surface area (Å²) < 4.78 is 5.23. The minimum Gasteiger partial charge on any atom is -0.508 e. The zero-order chi connectivity index (χ0) is 24.8. The van der Waals surface area contributed by atoms with Gasteiger partial charge in [-0.3, -0.25) is 9.59 Å². The van der Waals surface area contributed by atoms with Crippen molar-refractivity contribution in [1.29, 1.82) is 0 Å². The first kappa shape index (κ1) is 26.5. The average Bonchev–Trinajstić information content (AvgIpc) is 3.44. The summed E-state index contributed by atoms with van der Waals surface area (Å²) in [6.07, 6.45) is 3.01. The number of ether oxygens (including phenoxy) is 1. The van der Waals surface area contributed by atoms with E-state index in [0.29, 0.717) is 17.7 Å². The second-order valence-corrected chi connectivity index (χ2v) is 9.88. The number of nitrogens with zero attached hydrogens (tertiary/aromatic N) is 1. The number of hydrogen-bond acceptors (Lipinski definition) is 5. The molecule has 1 aromatic carbocycles. The summed E-state index contributed by atoms with van der Waals surface area (Å²) in [5.74, 6) is -0.232. The number of alkyl carbamates (subject to hydrolysis) is 1. The van der Waals surface area contributed by atoms with Crippen molar-refractivity contribution in [2.45, 2.75) is 84.9 Å². The number of carbonyl (C=O) groups is 3. The lowest BCUT2D eigenvalue weighted by Crippen LogP contribution is -2.49. The minimum atomic E-state index is -0.853. The smallest absolute Gasteiger partial charge is 0.408 e. The van der Waals surface area contributed by atoms with Crippen LogP contribution >= 0.6 is 0 Å². The standard InChI is InChI=1S/C25H39N3O5/c1-7-8-9-12-26-23(31)22(18-10-11-20(29)17(3)13-18)28(19-14-16(19)2)21(30)15-27-24(32)33-25(4,5)6/h10-11,13,16,19,22,29H,7-9,12,14-15H2,1-6H3,(H,26,31)(H,27,32). The molecule has 1 fully saturated rings. The van der Waals surface area contributed by atoms with E-state index in [0.717, 1.165) is 25.7 Å². The topological polar surface area (TPSA) is 108 Å². The molecule has 1 aromatic rings. The molecule has 184 valence electrons. The first-order valence-corrected chi connectivity index (χ1v) is 11.8. The maximum atomic E-state index is 13.3. The van der Waals surface area contributed by atoms with Crippen molar-refractivity contribution in [3.8, 4) is 5.75 Å². The number of carbonyl (C=O) groups excluding carboxylic acids is 3. The van der Waals surface area contributed by atoms with Crippen LogP contribution < -0.4 is 10.6 Å². The summed E-state index contributed by atoms with van der Waals surface area (Å²) in [7, 11) is 0. The number of nitrogens with one attached hydrogen (secondary N) is 2. The summed E-state index contributed by atoms with van der Waals surface area (Å²) in [6.45, 7) is 11.4. The third kappa shape index (κ3) is 7.94. The van der Waals surface area contributed by atoms with Gasteiger partial charge in [-0.2, -0.15) is 0 Å². The lowest BCUT2D eigenvalue weighted by molar-refractivity contribution is -0.141. The van der Waals surface area contributed by atoms with Gasteiger partial charge >= 0.3 is 6.09 Å². The molecule has 1 saturated carbocycles. The Morgan fingerprint density at radius 3 is 2.42 bits per heavy atom. The zero-order valence-electron chi connectivity index (χ0n) is 20.7. The average molecular weight is 462 g/mol. The van der Waals surface area contributed by atoms with Crippen LogP contribution in [0.15, 0.2) is 18.2 Å². The maximum Gasteiger partial charge on any atom is 0.408 e. The molecule has 0 spiro atoms. The Labute approximate surface area is 197 Å². The first-order chi connectivity index (χ1) is 15.4.